The van der Waals surface area contributed by atoms with Gasteiger partial charge in [-0.2, -0.15) is 0 Å². The fraction of sp³-hybridized carbons (Fsp3) is 0.300. The van der Waals surface area contributed by atoms with Crippen molar-refractivity contribution in [2.45, 2.75) is 20.8 Å². The minimum absolute atomic E-state index is 0. The molecule has 1 aromatic rings. The molecule has 14 heavy (non-hydrogen) atoms. The number of hydrogen-bond acceptors (Lipinski definition) is 3. The topological polar surface area (TPSA) is 67.0 Å². The molecule has 0 bridgehead atoms. The average molecular weight is 197 g/mol. The number of H-pyrrole nitrogens is 1. The van der Waals surface area contributed by atoms with E-state index in [1.54, 1.807) is 0 Å². The molecule has 1 heterocycles. The summed E-state index contributed by atoms with van der Waals surface area (Å²) >= 11 is 0. The Balaban J connectivity index is 0. The molecule has 0 aliphatic carbocycles. The predicted octanol–water partition coefficient (Wildman–Crippen LogP) is 1.66. The molecule has 0 spiro atoms. The number of hydrogen-bond donors (Lipinski definition) is 1. The standard InChI is InChI=1S/C8H7NO3.C2H6.H2/c1-5(11)7-3-2-6(4-10)9-8(7)12;1-2;/h2-4H,1H3,(H,9,12);1-2H3;1H. The quantitative estimate of drug-likeness (QED) is 0.579. The number of aromatic amines is 1. The Bertz CT molecular complexity index is 384. The van der Waals surface area contributed by atoms with E-state index in [0.29, 0.717) is 6.29 Å². The number of rotatable bonds is 2. The molecule has 0 fully saturated rings. The lowest BCUT2D eigenvalue weighted by atomic mass is 10.2. The Morgan fingerprint density at radius 3 is 2.36 bits per heavy atom. The van der Waals surface area contributed by atoms with Crippen molar-refractivity contribution in [2.24, 2.45) is 0 Å². The summed E-state index contributed by atoms with van der Waals surface area (Å²) in [6.45, 7) is 5.30. The van der Waals surface area contributed by atoms with E-state index < -0.39 is 5.56 Å². The number of aromatic nitrogens is 1. The van der Waals surface area contributed by atoms with Gasteiger partial charge in [-0.25, -0.2) is 0 Å². The van der Waals surface area contributed by atoms with Crippen molar-refractivity contribution in [3.05, 3.63) is 33.7 Å². The van der Waals surface area contributed by atoms with Crippen LogP contribution in [-0.2, 0) is 0 Å². The Kier molecular flexibility index (Phi) is 5.14. The highest BCUT2D eigenvalue weighted by Gasteiger charge is 2.04. The van der Waals surface area contributed by atoms with Gasteiger partial charge in [0.1, 0.15) is 0 Å². The molecule has 0 aliphatic rings. The van der Waals surface area contributed by atoms with Crippen LogP contribution in [0.15, 0.2) is 16.9 Å². The second-order valence-corrected chi connectivity index (χ2v) is 2.33. The monoisotopic (exact) mass is 197 g/mol. The molecule has 0 unspecified atom stereocenters. The predicted molar refractivity (Wildman–Crippen MR) is 55.9 cm³/mol. The van der Waals surface area contributed by atoms with Gasteiger partial charge in [-0.3, -0.25) is 14.4 Å². The van der Waals surface area contributed by atoms with E-state index in [0.717, 1.165) is 0 Å². The highest BCUT2D eigenvalue weighted by atomic mass is 16.1. The minimum Gasteiger partial charge on any atom is -0.319 e. The molecule has 0 aromatic carbocycles. The summed E-state index contributed by atoms with van der Waals surface area (Å²) in [5.74, 6) is -0.311. The molecular formula is C10H15NO3. The highest BCUT2D eigenvalue weighted by molar-refractivity contribution is 5.93. The van der Waals surface area contributed by atoms with Crippen LogP contribution >= 0.6 is 0 Å². The van der Waals surface area contributed by atoms with Crippen LogP contribution in [-0.4, -0.2) is 17.1 Å². The number of nitrogens with one attached hydrogen (secondary N) is 1. The smallest absolute Gasteiger partial charge is 0.259 e. The van der Waals surface area contributed by atoms with Crippen molar-refractivity contribution in [1.82, 2.24) is 4.98 Å². The fourth-order valence-corrected chi connectivity index (χ4v) is 0.835. The van der Waals surface area contributed by atoms with Gasteiger partial charge < -0.3 is 4.98 Å². The van der Waals surface area contributed by atoms with Crippen LogP contribution in [0.5, 0.6) is 0 Å². The number of pyridine rings is 1. The molecule has 4 nitrogen and oxygen atoms in total. The average Bonchev–Trinajstić information content (AvgIpc) is 2.20. The maximum Gasteiger partial charge on any atom is 0.259 e. The first kappa shape index (κ1) is 12.3. The first-order valence-electron chi connectivity index (χ1n) is 4.34. The van der Waals surface area contributed by atoms with Gasteiger partial charge in [0.15, 0.2) is 12.1 Å². The van der Waals surface area contributed by atoms with Gasteiger partial charge in [0.05, 0.1) is 11.3 Å². The second kappa shape index (κ2) is 5.85. The molecule has 1 N–H and O–H groups in total. The van der Waals surface area contributed by atoms with E-state index >= 15 is 0 Å². The number of aldehydes is 1. The van der Waals surface area contributed by atoms with Gasteiger partial charge in [-0.1, -0.05) is 13.8 Å². The number of carbonyl (C=O) groups excluding carboxylic acids is 2. The molecule has 0 aliphatic heterocycles. The maximum atomic E-state index is 11.0. The molecule has 78 valence electrons. The van der Waals surface area contributed by atoms with Crippen LogP contribution in [0.4, 0.5) is 0 Å². The summed E-state index contributed by atoms with van der Waals surface area (Å²) in [7, 11) is 0. The molecule has 1 aromatic heterocycles. The molecule has 0 atom stereocenters. The van der Waals surface area contributed by atoms with Crippen LogP contribution in [0.1, 0.15) is 43.0 Å². The van der Waals surface area contributed by atoms with Crippen molar-refractivity contribution < 1.29 is 11.0 Å². The van der Waals surface area contributed by atoms with E-state index in [1.807, 2.05) is 13.8 Å². The van der Waals surface area contributed by atoms with Crippen molar-refractivity contribution in [1.29, 1.82) is 0 Å². The molecule has 0 saturated heterocycles. The van der Waals surface area contributed by atoms with Gasteiger partial charge in [-0.05, 0) is 19.1 Å². The van der Waals surface area contributed by atoms with E-state index in [-0.39, 0.29) is 18.5 Å². The lowest BCUT2D eigenvalue weighted by Crippen LogP contribution is -2.16. The zero-order valence-electron chi connectivity index (χ0n) is 8.46. The summed E-state index contributed by atoms with van der Waals surface area (Å²) in [6.07, 6.45) is 0.519. The lowest BCUT2D eigenvalue weighted by Gasteiger charge is -1.93. The third kappa shape index (κ3) is 2.97. The normalized spacial score (nSPS) is 8.50. The zero-order chi connectivity index (χ0) is 11.1. The number of ketones is 1. The molecule has 4 heteroatoms. The van der Waals surface area contributed by atoms with Gasteiger partial charge in [0, 0.05) is 1.43 Å². The van der Waals surface area contributed by atoms with Crippen LogP contribution in [0.2, 0.25) is 0 Å². The van der Waals surface area contributed by atoms with Crippen molar-refractivity contribution in [3.8, 4) is 0 Å². The van der Waals surface area contributed by atoms with Crippen molar-refractivity contribution >= 4 is 12.1 Å². The largest absolute Gasteiger partial charge is 0.319 e. The SMILES string of the molecule is CC.CC(=O)c1ccc(C=O)[nH]c1=O.[HH]. The summed E-state index contributed by atoms with van der Waals surface area (Å²) in [4.78, 5) is 34.2. The Morgan fingerprint density at radius 1 is 1.43 bits per heavy atom. The fourth-order valence-electron chi connectivity index (χ4n) is 0.835. The lowest BCUT2D eigenvalue weighted by molar-refractivity contribution is 0.101. The third-order valence-electron chi connectivity index (χ3n) is 1.44. The van der Waals surface area contributed by atoms with Crippen LogP contribution in [0.3, 0.4) is 0 Å². The second-order valence-electron chi connectivity index (χ2n) is 2.33. The third-order valence-corrected chi connectivity index (χ3v) is 1.44. The highest BCUT2D eigenvalue weighted by Crippen LogP contribution is 1.93. The van der Waals surface area contributed by atoms with Crippen molar-refractivity contribution in [2.75, 3.05) is 0 Å². The van der Waals surface area contributed by atoms with Gasteiger partial charge >= 0.3 is 0 Å². The molecular weight excluding hydrogens is 182 g/mol. The molecule has 1 rings (SSSR count). The number of Topliss-reactive ketones (excluding diaryl/α,β-unsaturated/α-hetero) is 1. The number of carbonyl (C=O) groups is 2. The maximum absolute atomic E-state index is 11.0. The van der Waals surface area contributed by atoms with Gasteiger partial charge in [0.25, 0.3) is 5.56 Å². The van der Waals surface area contributed by atoms with E-state index in [9.17, 15) is 14.4 Å². The molecule has 0 radical (unpaired) electrons. The van der Waals surface area contributed by atoms with Crippen LogP contribution in [0, 0.1) is 0 Å². The Morgan fingerprint density at radius 2 is 2.00 bits per heavy atom. The summed E-state index contributed by atoms with van der Waals surface area (Å²) < 4.78 is 0. The summed E-state index contributed by atoms with van der Waals surface area (Å²) in [5.41, 5.74) is -0.280. The first-order valence-corrected chi connectivity index (χ1v) is 4.34. The first-order chi connectivity index (χ1) is 6.65. The van der Waals surface area contributed by atoms with E-state index in [1.165, 1.54) is 19.1 Å². The van der Waals surface area contributed by atoms with E-state index in [4.69, 9.17) is 0 Å². The molecule has 0 saturated carbocycles. The van der Waals surface area contributed by atoms with Crippen LogP contribution < -0.4 is 5.56 Å². The Hall–Kier alpha value is -1.71. The minimum atomic E-state index is -0.521. The van der Waals surface area contributed by atoms with Crippen molar-refractivity contribution in [3.63, 3.8) is 0 Å². The molecule has 0 amide bonds. The Labute approximate surface area is 83.5 Å². The van der Waals surface area contributed by atoms with Gasteiger partial charge in [-0.15, -0.1) is 0 Å². The van der Waals surface area contributed by atoms with E-state index in [2.05, 4.69) is 4.98 Å². The van der Waals surface area contributed by atoms with Crippen LogP contribution in [0.25, 0.3) is 0 Å². The zero-order valence-corrected chi connectivity index (χ0v) is 8.46. The summed E-state index contributed by atoms with van der Waals surface area (Å²) in [5, 5.41) is 0. The summed E-state index contributed by atoms with van der Waals surface area (Å²) in [6, 6.07) is 2.73. The van der Waals surface area contributed by atoms with Gasteiger partial charge in [0.2, 0.25) is 0 Å².